The largest absolute Gasteiger partial charge is 0.345 e. The summed E-state index contributed by atoms with van der Waals surface area (Å²) in [5.41, 5.74) is -0.307. The zero-order chi connectivity index (χ0) is 15.9. The Balaban J connectivity index is 1.82. The predicted octanol–water partition coefficient (Wildman–Crippen LogP) is 2.56. The van der Waals surface area contributed by atoms with E-state index in [2.05, 4.69) is 0 Å². The summed E-state index contributed by atoms with van der Waals surface area (Å²) in [5.74, 6) is -0.683. The second-order valence-electron chi connectivity index (χ2n) is 6.21. The summed E-state index contributed by atoms with van der Waals surface area (Å²) in [6, 6.07) is 3.77. The van der Waals surface area contributed by atoms with Crippen LogP contribution in [0.15, 0.2) is 18.2 Å². The number of carbonyl (C=O) groups excluding carboxylic acids is 2. The van der Waals surface area contributed by atoms with Crippen LogP contribution in [-0.4, -0.2) is 48.3 Å². The molecule has 1 unspecified atom stereocenters. The number of piperidine rings is 1. The number of nitrogens with zero attached hydrogens (tertiary/aromatic N) is 2. The third kappa shape index (κ3) is 2.47. The van der Waals surface area contributed by atoms with Gasteiger partial charge in [-0.2, -0.15) is 0 Å². The second-order valence-corrected chi connectivity index (χ2v) is 6.62. The van der Waals surface area contributed by atoms with E-state index in [1.54, 1.807) is 16.8 Å². The van der Waals surface area contributed by atoms with Crippen molar-refractivity contribution in [1.29, 1.82) is 0 Å². The van der Waals surface area contributed by atoms with E-state index < -0.39 is 11.2 Å². The van der Waals surface area contributed by atoms with E-state index in [9.17, 15) is 14.0 Å². The summed E-state index contributed by atoms with van der Waals surface area (Å²) < 4.78 is 13.4. The van der Waals surface area contributed by atoms with Gasteiger partial charge in [-0.05, 0) is 37.5 Å². The Morgan fingerprint density at radius 2 is 2.09 bits per heavy atom. The van der Waals surface area contributed by atoms with Gasteiger partial charge in [-0.1, -0.05) is 11.6 Å². The molecule has 0 saturated carbocycles. The molecule has 2 saturated heterocycles. The van der Waals surface area contributed by atoms with Crippen LogP contribution < -0.4 is 0 Å². The van der Waals surface area contributed by atoms with Crippen LogP contribution in [0.25, 0.3) is 0 Å². The number of carbonyl (C=O) groups is 2. The van der Waals surface area contributed by atoms with Gasteiger partial charge in [0.1, 0.15) is 5.82 Å². The molecule has 1 atom stereocenters. The summed E-state index contributed by atoms with van der Waals surface area (Å²) in [6.45, 7) is 1.66. The number of likely N-dealkylation sites (tertiary alicyclic amines) is 2. The molecule has 3 rings (SSSR count). The Hall–Kier alpha value is -1.62. The number of halogens is 2. The highest BCUT2D eigenvalue weighted by Gasteiger charge is 2.48. The van der Waals surface area contributed by atoms with Crippen LogP contribution in [0.5, 0.6) is 0 Å². The van der Waals surface area contributed by atoms with Gasteiger partial charge in [0.05, 0.1) is 16.0 Å². The molecule has 0 aromatic heterocycles. The molecule has 118 valence electrons. The molecule has 0 radical (unpaired) electrons. The molecule has 4 nitrogen and oxygen atoms in total. The van der Waals surface area contributed by atoms with Crippen LogP contribution >= 0.6 is 11.6 Å². The van der Waals surface area contributed by atoms with Gasteiger partial charge in [-0.3, -0.25) is 9.59 Å². The van der Waals surface area contributed by atoms with E-state index in [1.807, 2.05) is 0 Å². The van der Waals surface area contributed by atoms with Crippen molar-refractivity contribution in [1.82, 2.24) is 9.80 Å². The van der Waals surface area contributed by atoms with Crippen LogP contribution in [0.2, 0.25) is 5.02 Å². The third-order valence-corrected chi connectivity index (χ3v) is 5.08. The lowest BCUT2D eigenvalue weighted by atomic mass is 9.78. The first-order chi connectivity index (χ1) is 10.4. The highest BCUT2D eigenvalue weighted by atomic mass is 35.5. The lowest BCUT2D eigenvalue weighted by Gasteiger charge is -2.37. The number of rotatable bonds is 1. The van der Waals surface area contributed by atoms with Crippen molar-refractivity contribution >= 4 is 23.4 Å². The minimum Gasteiger partial charge on any atom is -0.345 e. The molecule has 2 amide bonds. The molecular weight excluding hydrogens is 307 g/mol. The van der Waals surface area contributed by atoms with Crippen molar-refractivity contribution in [3.63, 3.8) is 0 Å². The van der Waals surface area contributed by atoms with Crippen LogP contribution in [-0.2, 0) is 4.79 Å². The number of hydrogen-bond donors (Lipinski definition) is 0. The molecule has 1 spiro atoms. The van der Waals surface area contributed by atoms with Crippen molar-refractivity contribution in [2.24, 2.45) is 5.41 Å². The van der Waals surface area contributed by atoms with Crippen LogP contribution in [0.4, 0.5) is 4.39 Å². The molecule has 1 aromatic rings. The average molecular weight is 325 g/mol. The summed E-state index contributed by atoms with van der Waals surface area (Å²) in [5, 5.41) is 0.236. The fourth-order valence-corrected chi connectivity index (χ4v) is 3.72. The molecule has 2 aliphatic heterocycles. The van der Waals surface area contributed by atoms with Gasteiger partial charge in [0.15, 0.2) is 0 Å². The average Bonchev–Trinajstić information content (AvgIpc) is 2.92. The standard InChI is InChI=1S/C16H18ClFN2O2/c1-19-7-2-5-16(15(19)22)6-8-20(10-16)14(21)12-9-11(18)3-4-13(12)17/h3-4,9H,2,5-8,10H2,1H3. The molecule has 1 aromatic carbocycles. The highest BCUT2D eigenvalue weighted by molar-refractivity contribution is 6.33. The molecule has 22 heavy (non-hydrogen) atoms. The van der Waals surface area contributed by atoms with Gasteiger partial charge in [-0.15, -0.1) is 0 Å². The quantitative estimate of drug-likeness (QED) is 0.796. The van der Waals surface area contributed by atoms with Crippen molar-refractivity contribution in [3.05, 3.63) is 34.6 Å². The van der Waals surface area contributed by atoms with Crippen LogP contribution in [0.1, 0.15) is 29.6 Å². The minimum atomic E-state index is -0.491. The van der Waals surface area contributed by atoms with Gasteiger partial charge in [0.25, 0.3) is 5.91 Å². The summed E-state index contributed by atoms with van der Waals surface area (Å²) >= 11 is 6.01. The summed E-state index contributed by atoms with van der Waals surface area (Å²) in [4.78, 5) is 28.4. The fourth-order valence-electron chi connectivity index (χ4n) is 3.52. The maximum absolute atomic E-state index is 13.4. The Bertz CT molecular complexity index is 637. The molecule has 0 N–H and O–H groups in total. The summed E-state index contributed by atoms with van der Waals surface area (Å²) in [7, 11) is 1.80. The number of benzene rings is 1. The highest BCUT2D eigenvalue weighted by Crippen LogP contribution is 2.40. The smallest absolute Gasteiger partial charge is 0.255 e. The monoisotopic (exact) mass is 324 g/mol. The van der Waals surface area contributed by atoms with Gasteiger partial charge >= 0.3 is 0 Å². The van der Waals surface area contributed by atoms with E-state index in [0.717, 1.165) is 25.5 Å². The first-order valence-corrected chi connectivity index (χ1v) is 7.81. The van der Waals surface area contributed by atoms with E-state index in [0.29, 0.717) is 19.5 Å². The van der Waals surface area contributed by atoms with Crippen LogP contribution in [0.3, 0.4) is 0 Å². The Morgan fingerprint density at radius 1 is 1.32 bits per heavy atom. The zero-order valence-corrected chi connectivity index (χ0v) is 13.2. The summed E-state index contributed by atoms with van der Waals surface area (Å²) in [6.07, 6.45) is 2.41. The second kappa shape index (κ2) is 5.54. The zero-order valence-electron chi connectivity index (χ0n) is 12.4. The number of amides is 2. The predicted molar refractivity (Wildman–Crippen MR) is 81.2 cm³/mol. The maximum Gasteiger partial charge on any atom is 0.255 e. The van der Waals surface area contributed by atoms with Crippen LogP contribution in [0, 0.1) is 11.2 Å². The van der Waals surface area contributed by atoms with Gasteiger partial charge < -0.3 is 9.80 Å². The van der Waals surface area contributed by atoms with Crippen molar-refractivity contribution < 1.29 is 14.0 Å². The first kappa shape index (κ1) is 15.3. The maximum atomic E-state index is 13.4. The topological polar surface area (TPSA) is 40.6 Å². The van der Waals surface area contributed by atoms with E-state index >= 15 is 0 Å². The molecule has 0 bridgehead atoms. The van der Waals surface area contributed by atoms with E-state index in [-0.39, 0.29) is 22.4 Å². The molecular formula is C16H18ClFN2O2. The SMILES string of the molecule is CN1CCCC2(CCN(C(=O)c3cc(F)ccc3Cl)C2)C1=O. The minimum absolute atomic E-state index is 0.111. The normalized spacial score (nSPS) is 25.1. The lowest BCUT2D eigenvalue weighted by molar-refractivity contribution is -0.143. The molecule has 2 heterocycles. The third-order valence-electron chi connectivity index (χ3n) is 4.75. The molecule has 6 heteroatoms. The molecule has 2 aliphatic rings. The van der Waals surface area contributed by atoms with E-state index in [1.165, 1.54) is 12.1 Å². The Morgan fingerprint density at radius 3 is 2.86 bits per heavy atom. The Kier molecular flexibility index (Phi) is 3.85. The van der Waals surface area contributed by atoms with Crippen molar-refractivity contribution in [3.8, 4) is 0 Å². The Labute approximate surface area is 133 Å². The van der Waals surface area contributed by atoms with Crippen molar-refractivity contribution in [2.75, 3.05) is 26.7 Å². The number of hydrogen-bond acceptors (Lipinski definition) is 2. The fraction of sp³-hybridized carbons (Fsp3) is 0.500. The van der Waals surface area contributed by atoms with Gasteiger partial charge in [0, 0.05) is 26.7 Å². The van der Waals surface area contributed by atoms with E-state index in [4.69, 9.17) is 11.6 Å². The molecule has 0 aliphatic carbocycles. The molecule has 2 fully saturated rings. The van der Waals surface area contributed by atoms with Gasteiger partial charge in [-0.25, -0.2) is 4.39 Å². The van der Waals surface area contributed by atoms with Gasteiger partial charge in [0.2, 0.25) is 5.91 Å². The first-order valence-electron chi connectivity index (χ1n) is 7.43. The van der Waals surface area contributed by atoms with Crippen molar-refractivity contribution in [2.45, 2.75) is 19.3 Å². The lowest BCUT2D eigenvalue weighted by Crippen LogP contribution is -2.48.